The Bertz CT molecular complexity index is 2080. The molecule has 356 valence electrons. The molecule has 0 saturated heterocycles. The molecule has 1 heterocycles. The Morgan fingerprint density at radius 1 is 0.646 bits per heavy atom. The van der Waals surface area contributed by atoms with E-state index in [-0.39, 0.29) is 19.3 Å². The van der Waals surface area contributed by atoms with Crippen LogP contribution in [0, 0.1) is 5.92 Å². The number of hydrogen-bond acceptors (Lipinski definition) is 11. The summed E-state index contributed by atoms with van der Waals surface area (Å²) in [6, 6.07) is 17.5. The van der Waals surface area contributed by atoms with Gasteiger partial charge in [0.05, 0.1) is 12.0 Å². The molecule has 8 atom stereocenters. The molecule has 4 rings (SSSR count). The molecule has 1 aliphatic rings. The minimum Gasteiger partial charge on any atom is -0.460 e. The fourth-order valence-electron chi connectivity index (χ4n) is 7.35. The first-order valence-electron chi connectivity index (χ1n) is 20.0. The molecule has 3 aromatic carbocycles. The first kappa shape index (κ1) is 52.2. The summed E-state index contributed by atoms with van der Waals surface area (Å²) in [6.07, 6.45) is -21.7. The topological polar surface area (TPSA) is 133 Å². The van der Waals surface area contributed by atoms with E-state index in [1.54, 1.807) is 0 Å². The second kappa shape index (κ2) is 21.2. The minimum atomic E-state index is -5.42. The Kier molecular flexibility index (Phi) is 17.0. The summed E-state index contributed by atoms with van der Waals surface area (Å²) in [4.78, 5) is 54.5. The first-order valence-corrected chi connectivity index (χ1v) is 20.0. The zero-order valence-corrected chi connectivity index (χ0v) is 35.6. The maximum Gasteiger partial charge on any atom is 0.432 e. The third-order valence-corrected chi connectivity index (χ3v) is 10.9. The number of carbonyl (C=O) groups is 4. The average Bonchev–Trinajstić information content (AvgIpc) is 3.24. The van der Waals surface area contributed by atoms with Crippen molar-refractivity contribution in [1.82, 2.24) is 0 Å². The molecule has 0 amide bonds. The van der Waals surface area contributed by atoms with Gasteiger partial charge in [-0.3, -0.25) is 4.79 Å². The lowest BCUT2D eigenvalue weighted by Crippen LogP contribution is -2.54. The van der Waals surface area contributed by atoms with Gasteiger partial charge in [0.25, 0.3) is 16.8 Å². The van der Waals surface area contributed by atoms with Crippen molar-refractivity contribution in [2.75, 3.05) is 21.3 Å². The zero-order valence-electron chi connectivity index (χ0n) is 35.6. The summed E-state index contributed by atoms with van der Waals surface area (Å²) < 4.78 is 169. The lowest BCUT2D eigenvalue weighted by molar-refractivity contribution is -0.281. The molecule has 20 heteroatoms. The highest BCUT2D eigenvalue weighted by Crippen LogP contribution is 2.46. The monoisotopic (exact) mass is 934 g/mol. The van der Waals surface area contributed by atoms with Crippen LogP contribution >= 0.6 is 0 Å². The van der Waals surface area contributed by atoms with Crippen molar-refractivity contribution in [1.29, 1.82) is 0 Å². The smallest absolute Gasteiger partial charge is 0.432 e. The number of ether oxygens (including phenoxy) is 7. The molecule has 65 heavy (non-hydrogen) atoms. The summed E-state index contributed by atoms with van der Waals surface area (Å²) in [5.41, 5.74) is -12.8. The van der Waals surface area contributed by atoms with E-state index in [0.717, 1.165) is 49.4 Å². The van der Waals surface area contributed by atoms with Crippen LogP contribution in [0.3, 0.4) is 0 Å². The van der Waals surface area contributed by atoms with Gasteiger partial charge in [0.2, 0.25) is 0 Å². The van der Waals surface area contributed by atoms with Crippen molar-refractivity contribution < 1.29 is 91.8 Å². The second-order valence-corrected chi connectivity index (χ2v) is 15.0. The lowest BCUT2D eigenvalue weighted by atomic mass is 9.92. The zero-order chi connectivity index (χ0) is 48.4. The van der Waals surface area contributed by atoms with Crippen molar-refractivity contribution in [3.8, 4) is 0 Å². The maximum absolute atomic E-state index is 14.9. The highest BCUT2D eigenvalue weighted by Gasteiger charge is 2.66. The fraction of sp³-hybridized carbons (Fsp3) is 0.467. The van der Waals surface area contributed by atoms with Crippen LogP contribution in [0.2, 0.25) is 0 Å². The number of hydrogen-bond donors (Lipinski definition) is 0. The third kappa shape index (κ3) is 10.8. The summed E-state index contributed by atoms with van der Waals surface area (Å²) in [7, 11) is 1.94. The van der Waals surface area contributed by atoms with Crippen LogP contribution in [0.25, 0.3) is 0 Å². The van der Waals surface area contributed by atoms with E-state index in [1.807, 2.05) is 0 Å². The Hall–Kier alpha value is -5.47. The van der Waals surface area contributed by atoms with Crippen LogP contribution in [0.4, 0.5) is 39.5 Å². The number of halogens is 9. The van der Waals surface area contributed by atoms with Crippen molar-refractivity contribution >= 4 is 23.9 Å². The van der Waals surface area contributed by atoms with E-state index < -0.39 is 119 Å². The highest BCUT2D eigenvalue weighted by atomic mass is 19.4. The molecule has 0 spiro atoms. The number of esters is 4. The SMILES string of the molecule is CO[C@@](C(=O)O[C@H]1CC/C=C/[C@@H](OC(=O)[C@](OC)(c2ccccc2)C(F)(F)F)[C@@H](C)C(=O)O[C@@H]1CCC[C@H](C)OC(=O)[C@](OC)(c1ccccc1)C(F)(F)F)(c1ccccc1)C(F)(F)F. The quantitative estimate of drug-likeness (QED) is 0.0590. The summed E-state index contributed by atoms with van der Waals surface area (Å²) >= 11 is 0. The van der Waals surface area contributed by atoms with Crippen LogP contribution in [0.5, 0.6) is 0 Å². The molecular formula is C45H47F9O11. The van der Waals surface area contributed by atoms with Crippen LogP contribution in [-0.4, -0.2) is 88.2 Å². The van der Waals surface area contributed by atoms with Crippen molar-refractivity contribution in [3.05, 3.63) is 120 Å². The molecule has 1 aliphatic heterocycles. The number of carbonyl (C=O) groups excluding carboxylic acids is 4. The molecule has 3 aromatic rings. The molecule has 0 aromatic heterocycles. The first-order chi connectivity index (χ1) is 30.5. The molecule has 0 fully saturated rings. The number of rotatable bonds is 16. The van der Waals surface area contributed by atoms with E-state index in [2.05, 4.69) is 0 Å². The van der Waals surface area contributed by atoms with Crippen molar-refractivity contribution in [2.24, 2.45) is 5.92 Å². The average molecular weight is 935 g/mol. The van der Waals surface area contributed by atoms with Gasteiger partial charge >= 0.3 is 42.4 Å². The number of cyclic esters (lactones) is 1. The number of methoxy groups -OCH3 is 3. The van der Waals surface area contributed by atoms with Gasteiger partial charge < -0.3 is 33.2 Å². The summed E-state index contributed by atoms with van der Waals surface area (Å²) in [5.74, 6) is -8.62. The second-order valence-electron chi connectivity index (χ2n) is 15.0. The van der Waals surface area contributed by atoms with Gasteiger partial charge in [-0.1, -0.05) is 97.1 Å². The Morgan fingerprint density at radius 2 is 1.05 bits per heavy atom. The minimum absolute atomic E-state index is 0.202. The van der Waals surface area contributed by atoms with Crippen molar-refractivity contribution in [2.45, 2.75) is 106 Å². The van der Waals surface area contributed by atoms with Gasteiger partial charge in [-0.15, -0.1) is 0 Å². The number of allylic oxidation sites excluding steroid dienone is 1. The van der Waals surface area contributed by atoms with Crippen molar-refractivity contribution in [3.63, 3.8) is 0 Å². The predicted octanol–water partition coefficient (Wildman–Crippen LogP) is 9.12. The van der Waals surface area contributed by atoms with Crippen LogP contribution in [-0.2, 0) is 69.1 Å². The molecular weight excluding hydrogens is 887 g/mol. The number of alkyl halides is 9. The molecule has 0 aliphatic carbocycles. The largest absolute Gasteiger partial charge is 0.460 e. The molecule has 0 bridgehead atoms. The lowest BCUT2D eigenvalue weighted by Gasteiger charge is -2.36. The van der Waals surface area contributed by atoms with Crippen LogP contribution in [0.15, 0.2) is 103 Å². The van der Waals surface area contributed by atoms with Gasteiger partial charge in [0.15, 0.2) is 0 Å². The Labute approximate surface area is 368 Å². The van der Waals surface area contributed by atoms with Gasteiger partial charge in [-0.25, -0.2) is 14.4 Å². The standard InChI is InChI=1S/C45H47F9O11/c1-28(62-37(56)40(59-3,43(46,47)48)30-19-9-6-10-20-30)18-17-27-34-35(65-39(58)42(61-5,45(52,53)54)32-23-13-8-14-24-32)26-16-15-25-33(29(2)36(55)63-34)64-38(57)41(60-4,44(49,50)51)31-21-11-7-12-22-31/h6-15,19-25,28-29,33-35H,16-18,26-27H2,1-5H3/b25-15+/t28-,29+,33+,34+,35-,40+,41+,42+/m0/s1. The highest BCUT2D eigenvalue weighted by molar-refractivity contribution is 5.85. The Balaban J connectivity index is 1.67. The molecule has 11 nitrogen and oxygen atoms in total. The normalized spacial score (nSPS) is 22.4. The fourth-order valence-corrected chi connectivity index (χ4v) is 7.35. The van der Waals surface area contributed by atoms with E-state index in [0.29, 0.717) is 21.3 Å². The van der Waals surface area contributed by atoms with Gasteiger partial charge in [0, 0.05) is 38.0 Å². The van der Waals surface area contributed by atoms with Crippen LogP contribution < -0.4 is 0 Å². The third-order valence-electron chi connectivity index (χ3n) is 10.9. The molecule has 0 N–H and O–H groups in total. The van der Waals surface area contributed by atoms with Gasteiger partial charge in [-0.05, 0) is 52.0 Å². The summed E-state index contributed by atoms with van der Waals surface area (Å²) in [6.45, 7) is 2.37. The molecule has 0 saturated carbocycles. The van der Waals surface area contributed by atoms with E-state index in [1.165, 1.54) is 67.6 Å². The maximum atomic E-state index is 14.9. The number of benzene rings is 3. The molecule has 0 unspecified atom stereocenters. The Morgan fingerprint density at radius 3 is 1.45 bits per heavy atom. The van der Waals surface area contributed by atoms with Gasteiger partial charge in [0.1, 0.15) is 18.3 Å². The van der Waals surface area contributed by atoms with E-state index in [9.17, 15) is 58.7 Å². The summed E-state index contributed by atoms with van der Waals surface area (Å²) in [5, 5.41) is 0. The van der Waals surface area contributed by atoms with Gasteiger partial charge in [-0.2, -0.15) is 39.5 Å². The van der Waals surface area contributed by atoms with E-state index in [4.69, 9.17) is 33.2 Å². The predicted molar refractivity (Wildman–Crippen MR) is 210 cm³/mol. The van der Waals surface area contributed by atoms with E-state index >= 15 is 0 Å². The molecule has 0 radical (unpaired) electrons. The van der Waals surface area contributed by atoms with Crippen LogP contribution in [0.1, 0.15) is 62.6 Å².